The number of carbonyl (C=O) groups is 1. The quantitative estimate of drug-likeness (QED) is 0.868. The Hall–Kier alpha value is -1.35. The zero-order valence-corrected chi connectivity index (χ0v) is 11.2. The fraction of sp³-hybridized carbons (Fsp3) is 0.533. The van der Waals surface area contributed by atoms with Gasteiger partial charge >= 0.3 is 0 Å². The molecule has 0 radical (unpaired) electrons. The largest absolute Gasteiger partial charge is 0.493 e. The highest BCUT2D eigenvalue weighted by atomic mass is 16.5. The Kier molecular flexibility index (Phi) is 4.37. The molecule has 0 aromatic heterocycles. The third-order valence-corrected chi connectivity index (χ3v) is 3.39. The Morgan fingerprint density at radius 2 is 2.28 bits per heavy atom. The third-order valence-electron chi connectivity index (χ3n) is 3.39. The molecule has 2 rings (SSSR count). The van der Waals surface area contributed by atoms with Gasteiger partial charge in [0.15, 0.2) is 5.78 Å². The van der Waals surface area contributed by atoms with E-state index in [1.54, 1.807) is 0 Å². The van der Waals surface area contributed by atoms with Crippen LogP contribution in [0.4, 0.5) is 0 Å². The Morgan fingerprint density at radius 1 is 1.44 bits per heavy atom. The number of benzene rings is 1. The van der Waals surface area contributed by atoms with Gasteiger partial charge in [-0.25, -0.2) is 0 Å². The van der Waals surface area contributed by atoms with Gasteiger partial charge in [-0.05, 0) is 44.9 Å². The van der Waals surface area contributed by atoms with Crippen molar-refractivity contribution in [3.63, 3.8) is 0 Å². The summed E-state index contributed by atoms with van der Waals surface area (Å²) in [6.45, 7) is 5.53. The van der Waals surface area contributed by atoms with Crippen molar-refractivity contribution in [3.8, 4) is 5.75 Å². The van der Waals surface area contributed by atoms with Crippen LogP contribution in [-0.2, 0) is 4.79 Å². The highest BCUT2D eigenvalue weighted by molar-refractivity contribution is 5.84. The lowest BCUT2D eigenvalue weighted by Crippen LogP contribution is -2.31. The molecular weight excluding hydrogens is 226 g/mol. The molecule has 0 bridgehead atoms. The van der Waals surface area contributed by atoms with Crippen LogP contribution in [0.3, 0.4) is 0 Å². The topological polar surface area (TPSA) is 38.3 Å². The molecule has 1 N–H and O–H groups in total. The number of hydrogen-bond donors (Lipinski definition) is 1. The molecule has 1 aromatic rings. The lowest BCUT2D eigenvalue weighted by Gasteiger charge is -2.11. The number of carbonyl (C=O) groups excluding carboxylic acids is 1. The van der Waals surface area contributed by atoms with Gasteiger partial charge in [0.05, 0.1) is 12.6 Å². The zero-order chi connectivity index (χ0) is 13.0. The van der Waals surface area contributed by atoms with Crippen LogP contribution in [0.15, 0.2) is 18.2 Å². The summed E-state index contributed by atoms with van der Waals surface area (Å²) in [5.74, 6) is 1.16. The van der Waals surface area contributed by atoms with Crippen LogP contribution in [-0.4, -0.2) is 25.0 Å². The van der Waals surface area contributed by atoms with Crippen LogP contribution in [0.5, 0.6) is 5.75 Å². The van der Waals surface area contributed by atoms with Crippen LogP contribution in [0.2, 0.25) is 0 Å². The summed E-state index contributed by atoms with van der Waals surface area (Å²) in [6, 6.07) is 6.16. The first kappa shape index (κ1) is 13.1. The number of nitrogens with one attached hydrogen (secondary N) is 1. The number of rotatable bonds is 5. The molecule has 98 valence electrons. The first-order valence-electron chi connectivity index (χ1n) is 6.63. The molecule has 3 nitrogen and oxygen atoms in total. The molecule has 1 fully saturated rings. The molecule has 1 aliphatic heterocycles. The van der Waals surface area contributed by atoms with Crippen molar-refractivity contribution in [1.82, 2.24) is 5.32 Å². The van der Waals surface area contributed by atoms with Crippen LogP contribution in [0.25, 0.3) is 0 Å². The number of ketones is 1. The van der Waals surface area contributed by atoms with E-state index in [9.17, 15) is 4.79 Å². The van der Waals surface area contributed by atoms with E-state index in [1.807, 2.05) is 19.1 Å². The van der Waals surface area contributed by atoms with Gasteiger partial charge in [-0.2, -0.15) is 0 Å². The monoisotopic (exact) mass is 247 g/mol. The van der Waals surface area contributed by atoms with Crippen molar-refractivity contribution >= 4 is 5.78 Å². The Labute approximate surface area is 109 Å². The van der Waals surface area contributed by atoms with Crippen LogP contribution in [0.1, 0.15) is 30.4 Å². The summed E-state index contributed by atoms with van der Waals surface area (Å²) in [5, 5.41) is 3.22. The molecule has 0 saturated carbocycles. The standard InChI is InChI=1S/C15H21NO2/c1-11-5-6-15(12(2)10-11)18-9-7-14(17)13-4-3-8-16-13/h5-6,10,13,16H,3-4,7-9H2,1-2H3. The van der Waals surface area contributed by atoms with Gasteiger partial charge in [0.1, 0.15) is 5.75 Å². The van der Waals surface area contributed by atoms with Crippen molar-refractivity contribution in [2.75, 3.05) is 13.2 Å². The van der Waals surface area contributed by atoms with E-state index in [0.717, 1.165) is 30.7 Å². The maximum absolute atomic E-state index is 11.8. The third kappa shape index (κ3) is 3.33. The van der Waals surface area contributed by atoms with Crippen molar-refractivity contribution in [3.05, 3.63) is 29.3 Å². The second-order valence-corrected chi connectivity index (χ2v) is 4.98. The molecule has 1 atom stereocenters. The van der Waals surface area contributed by atoms with Gasteiger partial charge in [0.2, 0.25) is 0 Å². The van der Waals surface area contributed by atoms with E-state index in [-0.39, 0.29) is 11.8 Å². The second-order valence-electron chi connectivity index (χ2n) is 4.98. The summed E-state index contributed by atoms with van der Waals surface area (Å²) in [4.78, 5) is 11.8. The lowest BCUT2D eigenvalue weighted by atomic mass is 10.1. The van der Waals surface area contributed by atoms with E-state index >= 15 is 0 Å². The predicted octanol–water partition coefficient (Wildman–Crippen LogP) is 2.39. The smallest absolute Gasteiger partial charge is 0.153 e. The highest BCUT2D eigenvalue weighted by Crippen LogP contribution is 2.19. The molecule has 0 spiro atoms. The summed E-state index contributed by atoms with van der Waals surface area (Å²) in [5.41, 5.74) is 2.35. The molecule has 0 aliphatic carbocycles. The van der Waals surface area contributed by atoms with Gasteiger partial charge in [0, 0.05) is 6.42 Å². The number of aryl methyl sites for hydroxylation is 2. The van der Waals surface area contributed by atoms with E-state index in [1.165, 1.54) is 5.56 Å². The Bertz CT molecular complexity index is 423. The average molecular weight is 247 g/mol. The lowest BCUT2D eigenvalue weighted by molar-refractivity contribution is -0.121. The van der Waals surface area contributed by atoms with E-state index < -0.39 is 0 Å². The fourth-order valence-corrected chi connectivity index (χ4v) is 2.36. The predicted molar refractivity (Wildman–Crippen MR) is 72.1 cm³/mol. The molecule has 1 aliphatic rings. The average Bonchev–Trinajstić information content (AvgIpc) is 2.85. The normalized spacial score (nSPS) is 18.9. The molecular formula is C15H21NO2. The van der Waals surface area contributed by atoms with Gasteiger partial charge in [-0.15, -0.1) is 0 Å². The zero-order valence-electron chi connectivity index (χ0n) is 11.2. The van der Waals surface area contributed by atoms with Gasteiger partial charge in [0.25, 0.3) is 0 Å². The summed E-state index contributed by atoms with van der Waals surface area (Å²) in [7, 11) is 0. The Morgan fingerprint density at radius 3 is 2.94 bits per heavy atom. The van der Waals surface area contributed by atoms with Gasteiger partial charge in [-0.3, -0.25) is 4.79 Å². The Balaban J connectivity index is 1.79. The molecule has 3 heteroatoms. The van der Waals surface area contributed by atoms with Gasteiger partial charge in [-0.1, -0.05) is 17.7 Å². The summed E-state index contributed by atoms with van der Waals surface area (Å²) >= 11 is 0. The fourth-order valence-electron chi connectivity index (χ4n) is 2.36. The summed E-state index contributed by atoms with van der Waals surface area (Å²) in [6.07, 6.45) is 2.57. The molecule has 1 unspecified atom stereocenters. The van der Waals surface area contributed by atoms with Crippen molar-refractivity contribution < 1.29 is 9.53 Å². The molecule has 1 aromatic carbocycles. The molecule has 1 saturated heterocycles. The van der Waals surface area contributed by atoms with Crippen molar-refractivity contribution in [2.24, 2.45) is 0 Å². The van der Waals surface area contributed by atoms with E-state index in [0.29, 0.717) is 13.0 Å². The van der Waals surface area contributed by atoms with E-state index in [2.05, 4.69) is 18.3 Å². The number of ether oxygens (including phenoxy) is 1. The van der Waals surface area contributed by atoms with Crippen molar-refractivity contribution in [2.45, 2.75) is 39.2 Å². The minimum atomic E-state index is 0.0627. The molecule has 1 heterocycles. The highest BCUT2D eigenvalue weighted by Gasteiger charge is 2.21. The maximum atomic E-state index is 11.8. The van der Waals surface area contributed by atoms with Crippen LogP contribution < -0.4 is 10.1 Å². The first-order valence-corrected chi connectivity index (χ1v) is 6.63. The minimum Gasteiger partial charge on any atom is -0.493 e. The molecule has 0 amide bonds. The minimum absolute atomic E-state index is 0.0627. The summed E-state index contributed by atoms with van der Waals surface area (Å²) < 4.78 is 5.67. The number of hydrogen-bond acceptors (Lipinski definition) is 3. The van der Waals surface area contributed by atoms with Crippen LogP contribution >= 0.6 is 0 Å². The van der Waals surface area contributed by atoms with E-state index in [4.69, 9.17) is 4.74 Å². The van der Waals surface area contributed by atoms with Crippen LogP contribution in [0, 0.1) is 13.8 Å². The second kappa shape index (κ2) is 6.01. The van der Waals surface area contributed by atoms with Gasteiger partial charge < -0.3 is 10.1 Å². The maximum Gasteiger partial charge on any atom is 0.153 e. The first-order chi connectivity index (χ1) is 8.66. The SMILES string of the molecule is Cc1ccc(OCCC(=O)C2CCCN2)c(C)c1. The number of Topliss-reactive ketones (excluding diaryl/α,β-unsaturated/α-hetero) is 1. The molecule has 18 heavy (non-hydrogen) atoms. The van der Waals surface area contributed by atoms with Crippen molar-refractivity contribution in [1.29, 1.82) is 0 Å².